The molecule has 24 heavy (non-hydrogen) atoms. The summed E-state index contributed by atoms with van der Waals surface area (Å²) >= 11 is 0. The fraction of sp³-hybridized carbons (Fsp3) is 0.700. The second kappa shape index (κ2) is 6.41. The molecule has 2 fully saturated rings. The van der Waals surface area contributed by atoms with Gasteiger partial charge in [0.1, 0.15) is 0 Å². The lowest BCUT2D eigenvalue weighted by Gasteiger charge is -2.55. The maximum Gasteiger partial charge on any atom is 0.0791 e. The normalized spacial score (nSPS) is 32.7. The summed E-state index contributed by atoms with van der Waals surface area (Å²) in [5, 5.41) is 14.1. The van der Waals surface area contributed by atoms with Gasteiger partial charge in [-0.2, -0.15) is 0 Å². The first-order valence-corrected chi connectivity index (χ1v) is 9.38. The molecule has 1 aromatic carbocycles. The Morgan fingerprint density at radius 2 is 2.12 bits per heavy atom. The van der Waals surface area contributed by atoms with Crippen LogP contribution in [0.25, 0.3) is 0 Å². The van der Waals surface area contributed by atoms with Gasteiger partial charge >= 0.3 is 0 Å². The molecule has 0 amide bonds. The molecule has 4 heteroatoms. The maximum atomic E-state index is 10.5. The zero-order valence-corrected chi connectivity index (χ0v) is 14.9. The molecule has 2 heterocycles. The number of β-amino-alcohol motifs (C(OH)–C–C–N with tert-alkyl or cyclic N) is 1. The van der Waals surface area contributed by atoms with E-state index in [0.29, 0.717) is 24.6 Å². The zero-order valence-electron chi connectivity index (χ0n) is 14.9. The molecular weight excluding hydrogens is 300 g/mol. The third-order valence-corrected chi connectivity index (χ3v) is 6.35. The fourth-order valence-electron chi connectivity index (χ4n) is 5.07. The number of benzene rings is 1. The first-order chi connectivity index (χ1) is 11.6. The van der Waals surface area contributed by atoms with Crippen LogP contribution >= 0.6 is 0 Å². The van der Waals surface area contributed by atoms with Crippen LogP contribution < -0.4 is 5.32 Å². The van der Waals surface area contributed by atoms with Crippen LogP contribution in [0.15, 0.2) is 24.3 Å². The second-order valence-corrected chi connectivity index (χ2v) is 8.36. The number of fused-ring (bicyclic) bond motifs is 2. The highest BCUT2D eigenvalue weighted by atomic mass is 16.5. The predicted octanol–water partition coefficient (Wildman–Crippen LogP) is 1.81. The number of aliphatic hydroxyl groups is 1. The Labute approximate surface area is 145 Å². The lowest BCUT2D eigenvalue weighted by Crippen LogP contribution is -2.66. The van der Waals surface area contributed by atoms with Crippen molar-refractivity contribution in [1.29, 1.82) is 0 Å². The predicted molar refractivity (Wildman–Crippen MR) is 94.8 cm³/mol. The van der Waals surface area contributed by atoms with E-state index in [-0.39, 0.29) is 11.5 Å². The Morgan fingerprint density at radius 1 is 1.33 bits per heavy atom. The van der Waals surface area contributed by atoms with Gasteiger partial charge in [-0.15, -0.1) is 0 Å². The van der Waals surface area contributed by atoms with Crippen molar-refractivity contribution in [2.24, 2.45) is 11.3 Å². The Hall–Kier alpha value is -0.940. The molecule has 1 aliphatic carbocycles. The highest BCUT2D eigenvalue weighted by Crippen LogP contribution is 2.52. The maximum absolute atomic E-state index is 10.5. The van der Waals surface area contributed by atoms with Crippen LogP contribution in [-0.2, 0) is 17.7 Å². The highest BCUT2D eigenvalue weighted by molar-refractivity contribution is 5.29. The van der Waals surface area contributed by atoms with Crippen LogP contribution in [0.5, 0.6) is 0 Å². The second-order valence-electron chi connectivity index (χ2n) is 8.36. The van der Waals surface area contributed by atoms with E-state index in [2.05, 4.69) is 48.3 Å². The van der Waals surface area contributed by atoms with Crippen LogP contribution in [-0.4, -0.2) is 54.5 Å². The van der Waals surface area contributed by atoms with Crippen molar-refractivity contribution in [2.45, 2.75) is 51.5 Å². The van der Waals surface area contributed by atoms with E-state index in [9.17, 15) is 5.11 Å². The summed E-state index contributed by atoms with van der Waals surface area (Å²) in [4.78, 5) is 2.38. The van der Waals surface area contributed by atoms with Crippen LogP contribution in [0.3, 0.4) is 0 Å². The van der Waals surface area contributed by atoms with Gasteiger partial charge in [0, 0.05) is 50.2 Å². The van der Waals surface area contributed by atoms with E-state index in [1.807, 2.05) is 0 Å². The molecule has 2 aliphatic heterocycles. The third-order valence-electron chi connectivity index (χ3n) is 6.35. The van der Waals surface area contributed by atoms with Crippen LogP contribution in [0.1, 0.15) is 31.4 Å². The summed E-state index contributed by atoms with van der Waals surface area (Å²) in [6, 6.07) is 9.14. The topological polar surface area (TPSA) is 44.7 Å². The van der Waals surface area contributed by atoms with Crippen molar-refractivity contribution in [2.75, 3.05) is 26.2 Å². The van der Waals surface area contributed by atoms with E-state index in [1.165, 1.54) is 11.1 Å². The molecule has 4 unspecified atom stereocenters. The number of hydrogen-bond donors (Lipinski definition) is 2. The van der Waals surface area contributed by atoms with Gasteiger partial charge in [0.2, 0.25) is 0 Å². The van der Waals surface area contributed by atoms with E-state index >= 15 is 0 Å². The van der Waals surface area contributed by atoms with Crippen molar-refractivity contribution in [3.05, 3.63) is 35.4 Å². The summed E-state index contributed by atoms with van der Waals surface area (Å²) in [6.45, 7) is 8.89. The van der Waals surface area contributed by atoms with Gasteiger partial charge < -0.3 is 15.2 Å². The number of nitrogens with one attached hydrogen (secondary N) is 1. The van der Waals surface area contributed by atoms with Gasteiger partial charge in [-0.3, -0.25) is 4.90 Å². The van der Waals surface area contributed by atoms with Crippen molar-refractivity contribution in [3.63, 3.8) is 0 Å². The monoisotopic (exact) mass is 330 g/mol. The van der Waals surface area contributed by atoms with Gasteiger partial charge in [-0.1, -0.05) is 38.1 Å². The van der Waals surface area contributed by atoms with Crippen molar-refractivity contribution in [3.8, 4) is 0 Å². The van der Waals surface area contributed by atoms with Gasteiger partial charge in [-0.25, -0.2) is 0 Å². The smallest absolute Gasteiger partial charge is 0.0791 e. The number of hydrogen-bond acceptors (Lipinski definition) is 4. The van der Waals surface area contributed by atoms with E-state index in [1.54, 1.807) is 0 Å². The van der Waals surface area contributed by atoms with Gasteiger partial charge in [0.25, 0.3) is 0 Å². The molecule has 132 valence electrons. The van der Waals surface area contributed by atoms with Crippen LogP contribution in [0.4, 0.5) is 0 Å². The molecule has 1 saturated heterocycles. The summed E-state index contributed by atoms with van der Waals surface area (Å²) in [7, 11) is 0. The summed E-state index contributed by atoms with van der Waals surface area (Å²) in [5.74, 6) is 0.633. The zero-order chi connectivity index (χ0) is 16.7. The molecule has 0 bridgehead atoms. The van der Waals surface area contributed by atoms with Crippen molar-refractivity contribution < 1.29 is 9.84 Å². The lowest BCUT2D eigenvalue weighted by atomic mass is 9.57. The largest absolute Gasteiger partial charge is 0.390 e. The number of ether oxygens (including phenoxy) is 1. The minimum absolute atomic E-state index is 0.185. The summed E-state index contributed by atoms with van der Waals surface area (Å²) in [5.41, 5.74) is 3.06. The Bertz CT molecular complexity index is 589. The first-order valence-electron chi connectivity index (χ1n) is 9.38. The van der Waals surface area contributed by atoms with Gasteiger partial charge in [-0.05, 0) is 24.0 Å². The summed E-state index contributed by atoms with van der Waals surface area (Å²) in [6.07, 6.45) is 2.34. The number of rotatable bonds is 5. The summed E-state index contributed by atoms with van der Waals surface area (Å²) < 4.78 is 5.85. The van der Waals surface area contributed by atoms with Crippen molar-refractivity contribution in [1.82, 2.24) is 10.2 Å². The standard InChI is InChI=1S/C20H30N2O2/c1-20(2)18(17-8-10-24-19(17)20)21-11-16(23)13-22-9-7-14-5-3-4-6-15(14)12-22/h3-6,16-19,21,23H,7-13H2,1-2H3. The molecule has 4 rings (SSSR count). The van der Waals surface area contributed by atoms with Crippen LogP contribution in [0.2, 0.25) is 0 Å². The molecule has 0 aromatic heterocycles. The lowest BCUT2D eigenvalue weighted by molar-refractivity contribution is -0.114. The first kappa shape index (κ1) is 16.5. The highest BCUT2D eigenvalue weighted by Gasteiger charge is 2.58. The minimum Gasteiger partial charge on any atom is -0.390 e. The number of nitrogens with zero attached hydrogens (tertiary/aromatic N) is 1. The van der Waals surface area contributed by atoms with E-state index in [0.717, 1.165) is 39.1 Å². The average molecular weight is 330 g/mol. The van der Waals surface area contributed by atoms with Gasteiger partial charge in [0.05, 0.1) is 12.2 Å². The Morgan fingerprint density at radius 3 is 2.96 bits per heavy atom. The molecule has 4 nitrogen and oxygen atoms in total. The molecule has 2 N–H and O–H groups in total. The minimum atomic E-state index is -0.313. The SMILES string of the molecule is CC1(C)C(NCC(O)CN2CCc3ccccc3C2)C2CCOC21. The average Bonchev–Trinajstić information content (AvgIpc) is 3.01. The quantitative estimate of drug-likeness (QED) is 0.864. The number of aliphatic hydroxyl groups excluding tert-OH is 1. The fourth-order valence-corrected chi connectivity index (χ4v) is 5.07. The third kappa shape index (κ3) is 2.90. The van der Waals surface area contributed by atoms with Crippen LogP contribution in [0, 0.1) is 11.3 Å². The van der Waals surface area contributed by atoms with Crippen molar-refractivity contribution >= 4 is 0 Å². The van der Waals surface area contributed by atoms with E-state index in [4.69, 9.17) is 4.74 Å². The Kier molecular flexibility index (Phi) is 4.42. The molecule has 0 spiro atoms. The molecular formula is C20H30N2O2. The molecule has 1 aromatic rings. The molecule has 3 aliphatic rings. The molecule has 0 radical (unpaired) electrons. The molecule has 1 saturated carbocycles. The molecule has 4 atom stereocenters. The van der Waals surface area contributed by atoms with Gasteiger partial charge in [0.15, 0.2) is 0 Å². The Balaban J connectivity index is 1.27. The van der Waals surface area contributed by atoms with E-state index < -0.39 is 0 Å².